The molecule has 3 aromatic rings. The van der Waals surface area contributed by atoms with Crippen molar-refractivity contribution in [3.05, 3.63) is 41.7 Å². The molecule has 2 atom stereocenters. The van der Waals surface area contributed by atoms with Crippen LogP contribution in [0, 0.1) is 12.3 Å². The summed E-state index contributed by atoms with van der Waals surface area (Å²) in [5.74, 6) is 0.790. The average molecular weight is 422 g/mol. The maximum atomic E-state index is 10.1. The maximum Gasteiger partial charge on any atom is 0.153 e. The van der Waals surface area contributed by atoms with E-state index in [1.54, 1.807) is 0 Å². The van der Waals surface area contributed by atoms with E-state index in [9.17, 15) is 5.11 Å². The van der Waals surface area contributed by atoms with Gasteiger partial charge in [-0.15, -0.1) is 0 Å². The lowest BCUT2D eigenvalue weighted by molar-refractivity contribution is 0.0973. The number of ether oxygens (including phenoxy) is 1. The number of aliphatic hydroxyl groups is 1. The van der Waals surface area contributed by atoms with Crippen LogP contribution in [0.25, 0.3) is 22.3 Å². The van der Waals surface area contributed by atoms with Crippen molar-refractivity contribution in [3.8, 4) is 11.4 Å². The molecule has 7 heteroatoms. The number of nitrogens with two attached hydrogens (primary N) is 1. The molecule has 2 aliphatic rings. The molecule has 2 aromatic heterocycles. The lowest BCUT2D eigenvalue weighted by Gasteiger charge is -2.42. The van der Waals surface area contributed by atoms with E-state index in [1.807, 2.05) is 26.1 Å². The molecule has 0 radical (unpaired) electrons. The van der Waals surface area contributed by atoms with Crippen molar-refractivity contribution in [2.45, 2.75) is 45.4 Å². The highest BCUT2D eigenvalue weighted by molar-refractivity contribution is 5.86. The van der Waals surface area contributed by atoms with Crippen LogP contribution in [-0.2, 0) is 18.4 Å². The van der Waals surface area contributed by atoms with Gasteiger partial charge in [-0.25, -0.2) is 9.97 Å². The number of nitrogens with zero attached hydrogens (tertiary/aromatic N) is 4. The van der Waals surface area contributed by atoms with Gasteiger partial charge in [-0.2, -0.15) is 0 Å². The van der Waals surface area contributed by atoms with Crippen molar-refractivity contribution < 1.29 is 9.84 Å². The molecule has 2 fully saturated rings. The summed E-state index contributed by atoms with van der Waals surface area (Å²) < 4.78 is 7.99. The fraction of sp³-hybridized carbons (Fsp3) is 0.500. The average Bonchev–Trinajstić information content (AvgIpc) is 3.26. The van der Waals surface area contributed by atoms with Crippen LogP contribution in [0.3, 0.4) is 0 Å². The number of hydrogen-bond acceptors (Lipinski definition) is 6. The van der Waals surface area contributed by atoms with E-state index in [1.165, 1.54) is 5.39 Å². The topological polar surface area (TPSA) is 89.4 Å². The normalized spacial score (nSPS) is 23.2. The molecule has 0 aliphatic carbocycles. The Bertz CT molecular complexity index is 1120. The Hall–Kier alpha value is -2.48. The van der Waals surface area contributed by atoms with Gasteiger partial charge in [0.15, 0.2) is 5.82 Å². The van der Waals surface area contributed by atoms with Crippen LogP contribution in [0.1, 0.15) is 31.2 Å². The summed E-state index contributed by atoms with van der Waals surface area (Å²) in [4.78, 5) is 12.1. The Kier molecular flexibility index (Phi) is 5.00. The number of aryl methyl sites for hydroxylation is 2. The monoisotopic (exact) mass is 421 g/mol. The minimum atomic E-state index is -0.138. The molecule has 1 spiro atoms. The molecule has 2 aliphatic heterocycles. The van der Waals surface area contributed by atoms with Gasteiger partial charge in [0, 0.05) is 42.5 Å². The van der Waals surface area contributed by atoms with E-state index in [4.69, 9.17) is 20.4 Å². The molecule has 0 saturated carbocycles. The van der Waals surface area contributed by atoms with Gasteiger partial charge in [0.25, 0.3) is 0 Å². The van der Waals surface area contributed by atoms with E-state index in [0.29, 0.717) is 5.69 Å². The molecule has 4 heterocycles. The SMILES string of the molecule is Cc1nc(N2CCC3(CC2)CO[C@@H](C)[C@H]3N)c(CO)nc1-c1cc2ccccc2n1C. The first-order chi connectivity index (χ1) is 14.9. The van der Waals surface area contributed by atoms with Crippen molar-refractivity contribution in [1.82, 2.24) is 14.5 Å². The highest BCUT2D eigenvalue weighted by Gasteiger charge is 2.47. The van der Waals surface area contributed by atoms with Gasteiger partial charge in [-0.3, -0.25) is 0 Å². The van der Waals surface area contributed by atoms with Crippen molar-refractivity contribution in [1.29, 1.82) is 0 Å². The molecule has 0 unspecified atom stereocenters. The predicted octanol–water partition coefficient (Wildman–Crippen LogP) is 2.77. The van der Waals surface area contributed by atoms with Crippen molar-refractivity contribution in [3.63, 3.8) is 0 Å². The Morgan fingerprint density at radius 2 is 1.97 bits per heavy atom. The van der Waals surface area contributed by atoms with Crippen molar-refractivity contribution in [2.75, 3.05) is 24.6 Å². The quantitative estimate of drug-likeness (QED) is 0.676. The molecule has 5 rings (SSSR count). The summed E-state index contributed by atoms with van der Waals surface area (Å²) in [6, 6.07) is 10.5. The molecule has 2 saturated heterocycles. The zero-order valence-corrected chi connectivity index (χ0v) is 18.5. The first kappa shape index (κ1) is 20.4. The highest BCUT2D eigenvalue weighted by Crippen LogP contribution is 2.42. The molecule has 31 heavy (non-hydrogen) atoms. The molecule has 7 nitrogen and oxygen atoms in total. The molecular formula is C24H31N5O2. The lowest BCUT2D eigenvalue weighted by atomic mass is 9.73. The van der Waals surface area contributed by atoms with E-state index >= 15 is 0 Å². The van der Waals surface area contributed by atoms with Crippen LogP contribution in [0.2, 0.25) is 0 Å². The Labute approximate surface area is 182 Å². The van der Waals surface area contributed by atoms with Gasteiger partial charge in [0.05, 0.1) is 30.7 Å². The third-order valence-electron chi connectivity index (χ3n) is 7.37. The van der Waals surface area contributed by atoms with E-state index < -0.39 is 0 Å². The second kappa shape index (κ2) is 7.58. The van der Waals surface area contributed by atoms with Crippen LogP contribution >= 0.6 is 0 Å². The Balaban J connectivity index is 1.46. The lowest BCUT2D eigenvalue weighted by Crippen LogP contribution is -2.51. The zero-order chi connectivity index (χ0) is 21.8. The van der Waals surface area contributed by atoms with Crippen LogP contribution < -0.4 is 10.6 Å². The molecular weight excluding hydrogens is 390 g/mol. The summed E-state index contributed by atoms with van der Waals surface area (Å²) in [5.41, 5.74) is 11.0. The largest absolute Gasteiger partial charge is 0.390 e. The fourth-order valence-electron chi connectivity index (χ4n) is 5.30. The summed E-state index contributed by atoms with van der Waals surface area (Å²) in [5, 5.41) is 11.3. The number of aromatic nitrogens is 3. The maximum absolute atomic E-state index is 10.1. The Morgan fingerprint density at radius 1 is 1.23 bits per heavy atom. The minimum Gasteiger partial charge on any atom is -0.390 e. The predicted molar refractivity (Wildman–Crippen MR) is 122 cm³/mol. The summed E-state index contributed by atoms with van der Waals surface area (Å²) >= 11 is 0. The number of piperidine rings is 1. The standard InChI is InChI=1S/C24H31N5O2/c1-15-21(20-12-17-6-4-5-7-19(17)28(20)3)27-18(13-30)23(26-15)29-10-8-24(9-11-29)14-31-16(2)22(24)25/h4-7,12,16,22,30H,8-11,13-14,25H2,1-3H3/t16-,22+/m0/s1. The summed E-state index contributed by atoms with van der Waals surface area (Å²) in [6.45, 7) is 6.35. The number of anilines is 1. The molecule has 1 aromatic carbocycles. The number of hydrogen-bond donors (Lipinski definition) is 2. The first-order valence-corrected chi connectivity index (χ1v) is 11.1. The van der Waals surface area contributed by atoms with Gasteiger partial charge in [-0.1, -0.05) is 18.2 Å². The minimum absolute atomic E-state index is 0.0564. The van der Waals surface area contributed by atoms with Crippen LogP contribution in [0.4, 0.5) is 5.82 Å². The van der Waals surface area contributed by atoms with Crippen LogP contribution in [0.5, 0.6) is 0 Å². The third-order valence-corrected chi connectivity index (χ3v) is 7.37. The van der Waals surface area contributed by atoms with E-state index in [-0.39, 0.29) is 24.2 Å². The number of fused-ring (bicyclic) bond motifs is 1. The van der Waals surface area contributed by atoms with Crippen LogP contribution in [-0.4, -0.2) is 51.5 Å². The Morgan fingerprint density at radius 3 is 2.61 bits per heavy atom. The second-order valence-electron chi connectivity index (χ2n) is 9.12. The van der Waals surface area contributed by atoms with Gasteiger partial charge in [-0.05, 0) is 38.8 Å². The van der Waals surface area contributed by atoms with Crippen molar-refractivity contribution >= 4 is 16.7 Å². The fourth-order valence-corrected chi connectivity index (χ4v) is 5.30. The molecule has 3 N–H and O–H groups in total. The number of benzene rings is 1. The smallest absolute Gasteiger partial charge is 0.153 e. The molecule has 0 amide bonds. The van der Waals surface area contributed by atoms with Gasteiger partial charge >= 0.3 is 0 Å². The van der Waals surface area contributed by atoms with Crippen LogP contribution in [0.15, 0.2) is 30.3 Å². The number of rotatable bonds is 3. The summed E-state index contributed by atoms with van der Waals surface area (Å²) in [7, 11) is 2.04. The van der Waals surface area contributed by atoms with E-state index in [2.05, 4.69) is 34.6 Å². The van der Waals surface area contributed by atoms with Gasteiger partial charge < -0.3 is 25.0 Å². The number of aliphatic hydroxyl groups excluding tert-OH is 1. The zero-order valence-electron chi connectivity index (χ0n) is 18.5. The van der Waals surface area contributed by atoms with Gasteiger partial charge in [0.1, 0.15) is 11.4 Å². The summed E-state index contributed by atoms with van der Waals surface area (Å²) in [6.07, 6.45) is 2.05. The highest BCUT2D eigenvalue weighted by atomic mass is 16.5. The second-order valence-corrected chi connectivity index (χ2v) is 9.12. The van der Waals surface area contributed by atoms with Crippen molar-refractivity contribution in [2.24, 2.45) is 18.2 Å². The molecule has 0 bridgehead atoms. The van der Waals surface area contributed by atoms with Gasteiger partial charge in [0.2, 0.25) is 0 Å². The number of para-hydroxylation sites is 1. The third kappa shape index (κ3) is 3.23. The molecule has 164 valence electrons. The first-order valence-electron chi connectivity index (χ1n) is 11.1. The van der Waals surface area contributed by atoms with E-state index in [0.717, 1.165) is 61.0 Å².